The van der Waals surface area contributed by atoms with E-state index in [0.717, 1.165) is 17.7 Å². The fraction of sp³-hybridized carbons (Fsp3) is 0.526. The van der Waals surface area contributed by atoms with Crippen LogP contribution in [-0.2, 0) is 9.59 Å². The van der Waals surface area contributed by atoms with Crippen LogP contribution in [0.4, 0.5) is 0 Å². The van der Waals surface area contributed by atoms with Crippen LogP contribution >= 0.6 is 0 Å². The van der Waals surface area contributed by atoms with Crippen molar-refractivity contribution in [3.8, 4) is 0 Å². The maximum absolute atomic E-state index is 12.9. The zero-order valence-electron chi connectivity index (χ0n) is 14.3. The average Bonchev–Trinajstić information content (AvgIpc) is 3.13. The van der Waals surface area contributed by atoms with E-state index >= 15 is 0 Å². The molecule has 2 N–H and O–H groups in total. The zero-order chi connectivity index (χ0) is 17.4. The molecule has 1 fully saturated rings. The topological polar surface area (TPSA) is 79.3 Å². The van der Waals surface area contributed by atoms with E-state index in [1.807, 2.05) is 45.1 Å². The Morgan fingerprint density at radius 3 is 2.50 bits per heavy atom. The number of pyridine rings is 1. The SMILES string of the molecule is Cc1cccnc1C(NC(=O)C1C2C=CC(C2)C1C(=O)O)C(C)C. The highest BCUT2D eigenvalue weighted by Gasteiger charge is 2.52. The number of carboxylic acid groups (broad SMARTS) is 1. The minimum absolute atomic E-state index is 0.0164. The summed E-state index contributed by atoms with van der Waals surface area (Å²) in [7, 11) is 0. The highest BCUT2D eigenvalue weighted by Crippen LogP contribution is 2.48. The minimum atomic E-state index is -0.873. The van der Waals surface area contributed by atoms with Gasteiger partial charge in [0, 0.05) is 6.20 Å². The van der Waals surface area contributed by atoms with E-state index in [1.165, 1.54) is 0 Å². The van der Waals surface area contributed by atoms with Crippen LogP contribution in [0.3, 0.4) is 0 Å². The predicted octanol–water partition coefficient (Wildman–Crippen LogP) is 2.73. The molecule has 1 aromatic rings. The molecule has 1 aromatic heterocycles. The van der Waals surface area contributed by atoms with Crippen LogP contribution in [-0.4, -0.2) is 22.0 Å². The second kappa shape index (κ2) is 6.38. The van der Waals surface area contributed by atoms with Gasteiger partial charge in [0.05, 0.1) is 23.6 Å². The van der Waals surface area contributed by atoms with E-state index < -0.39 is 17.8 Å². The van der Waals surface area contributed by atoms with Gasteiger partial charge in [-0.1, -0.05) is 32.1 Å². The molecule has 128 valence electrons. The van der Waals surface area contributed by atoms with Crippen molar-refractivity contribution in [2.24, 2.45) is 29.6 Å². The minimum Gasteiger partial charge on any atom is -0.481 e. The van der Waals surface area contributed by atoms with E-state index in [0.29, 0.717) is 0 Å². The molecule has 5 atom stereocenters. The van der Waals surface area contributed by atoms with Crippen LogP contribution in [0.25, 0.3) is 0 Å². The third-order valence-electron chi connectivity index (χ3n) is 5.36. The Kier molecular flexibility index (Phi) is 4.43. The van der Waals surface area contributed by atoms with E-state index in [2.05, 4.69) is 10.3 Å². The zero-order valence-corrected chi connectivity index (χ0v) is 14.3. The molecule has 0 aromatic carbocycles. The normalized spacial score (nSPS) is 29.0. The second-order valence-corrected chi connectivity index (χ2v) is 7.27. The molecule has 0 aliphatic heterocycles. The van der Waals surface area contributed by atoms with Gasteiger partial charge in [-0.05, 0) is 42.7 Å². The summed E-state index contributed by atoms with van der Waals surface area (Å²) in [4.78, 5) is 29.0. The van der Waals surface area contributed by atoms with Gasteiger partial charge >= 0.3 is 5.97 Å². The molecule has 24 heavy (non-hydrogen) atoms. The van der Waals surface area contributed by atoms with Crippen molar-refractivity contribution in [3.05, 3.63) is 41.7 Å². The monoisotopic (exact) mass is 328 g/mol. The molecule has 0 saturated heterocycles. The Labute approximate surface area is 142 Å². The first-order valence-electron chi connectivity index (χ1n) is 8.53. The maximum atomic E-state index is 12.9. The van der Waals surface area contributed by atoms with Crippen LogP contribution < -0.4 is 5.32 Å². The van der Waals surface area contributed by atoms with Gasteiger partial charge in [0.15, 0.2) is 0 Å². The van der Waals surface area contributed by atoms with Gasteiger partial charge < -0.3 is 10.4 Å². The van der Waals surface area contributed by atoms with Gasteiger partial charge in [0.25, 0.3) is 0 Å². The predicted molar refractivity (Wildman–Crippen MR) is 90.0 cm³/mol. The standard InChI is InChI=1S/C19H24N2O3/c1-10(2)16(17-11(3)5-4-8-20-17)21-18(22)14-12-6-7-13(9-12)15(14)19(23)24/h4-8,10,12-16H,9H2,1-3H3,(H,21,22)(H,23,24). The Balaban J connectivity index is 1.83. The lowest BCUT2D eigenvalue weighted by Gasteiger charge is -2.29. The number of hydrogen-bond donors (Lipinski definition) is 2. The summed E-state index contributed by atoms with van der Waals surface area (Å²) in [6.45, 7) is 6.05. The van der Waals surface area contributed by atoms with Crippen LogP contribution in [0.15, 0.2) is 30.5 Å². The molecule has 3 rings (SSSR count). The molecule has 5 nitrogen and oxygen atoms in total. The molecule has 1 saturated carbocycles. The summed E-state index contributed by atoms with van der Waals surface area (Å²) in [5.74, 6) is -1.95. The first kappa shape index (κ1) is 16.7. The van der Waals surface area contributed by atoms with E-state index in [1.54, 1.807) is 6.20 Å². The second-order valence-electron chi connectivity index (χ2n) is 7.27. The summed E-state index contributed by atoms with van der Waals surface area (Å²) in [6.07, 6.45) is 6.45. The molecule has 1 amide bonds. The van der Waals surface area contributed by atoms with Crippen molar-refractivity contribution in [2.45, 2.75) is 33.2 Å². The fourth-order valence-electron chi connectivity index (χ4n) is 4.14. The summed E-state index contributed by atoms with van der Waals surface area (Å²) >= 11 is 0. The smallest absolute Gasteiger partial charge is 0.307 e. The van der Waals surface area contributed by atoms with E-state index in [9.17, 15) is 14.7 Å². The van der Waals surface area contributed by atoms with Crippen molar-refractivity contribution < 1.29 is 14.7 Å². The number of hydrogen-bond acceptors (Lipinski definition) is 3. The summed E-state index contributed by atoms with van der Waals surface area (Å²) in [6, 6.07) is 3.64. The number of nitrogens with one attached hydrogen (secondary N) is 1. The highest BCUT2D eigenvalue weighted by atomic mass is 16.4. The lowest BCUT2D eigenvalue weighted by Crippen LogP contribution is -2.43. The van der Waals surface area contributed by atoms with Gasteiger partial charge in [-0.15, -0.1) is 0 Å². The number of aryl methyl sites for hydroxylation is 1. The first-order valence-corrected chi connectivity index (χ1v) is 8.53. The molecule has 2 aliphatic carbocycles. The van der Waals surface area contributed by atoms with Gasteiger partial charge in [0.1, 0.15) is 0 Å². The van der Waals surface area contributed by atoms with Crippen molar-refractivity contribution in [3.63, 3.8) is 0 Å². The lowest BCUT2D eigenvalue weighted by atomic mass is 9.82. The summed E-state index contributed by atoms with van der Waals surface area (Å²) in [5, 5.41) is 12.6. The van der Waals surface area contributed by atoms with Crippen LogP contribution in [0.1, 0.15) is 37.6 Å². The van der Waals surface area contributed by atoms with Gasteiger partial charge in [-0.3, -0.25) is 14.6 Å². The van der Waals surface area contributed by atoms with E-state index in [-0.39, 0.29) is 29.7 Å². The molecule has 2 bridgehead atoms. The number of allylic oxidation sites excluding steroid dienone is 2. The Morgan fingerprint density at radius 2 is 1.92 bits per heavy atom. The maximum Gasteiger partial charge on any atom is 0.307 e. The fourth-order valence-corrected chi connectivity index (χ4v) is 4.14. The van der Waals surface area contributed by atoms with Crippen molar-refractivity contribution in [2.75, 3.05) is 0 Å². The number of amides is 1. The molecule has 5 unspecified atom stereocenters. The van der Waals surface area contributed by atoms with Crippen LogP contribution in [0, 0.1) is 36.5 Å². The summed E-state index contributed by atoms with van der Waals surface area (Å²) < 4.78 is 0. The molecule has 0 spiro atoms. The van der Waals surface area contributed by atoms with Crippen molar-refractivity contribution >= 4 is 11.9 Å². The average molecular weight is 328 g/mol. The van der Waals surface area contributed by atoms with Crippen LogP contribution in [0.5, 0.6) is 0 Å². The highest BCUT2D eigenvalue weighted by molar-refractivity contribution is 5.87. The number of aliphatic carboxylic acids is 1. The summed E-state index contributed by atoms with van der Waals surface area (Å²) in [5.41, 5.74) is 1.88. The Morgan fingerprint density at radius 1 is 1.25 bits per heavy atom. The number of fused-ring (bicyclic) bond motifs is 2. The quantitative estimate of drug-likeness (QED) is 0.815. The largest absolute Gasteiger partial charge is 0.481 e. The number of carbonyl (C=O) groups is 2. The lowest BCUT2D eigenvalue weighted by molar-refractivity contribution is -0.148. The number of carboxylic acids is 1. The molecule has 2 aliphatic rings. The number of aromatic nitrogens is 1. The molecule has 0 radical (unpaired) electrons. The van der Waals surface area contributed by atoms with Crippen LogP contribution in [0.2, 0.25) is 0 Å². The number of rotatable bonds is 5. The van der Waals surface area contributed by atoms with E-state index in [4.69, 9.17) is 0 Å². The molecular weight excluding hydrogens is 304 g/mol. The molecule has 1 heterocycles. The molecule has 5 heteroatoms. The Hall–Kier alpha value is -2.17. The molecular formula is C19H24N2O3. The number of carbonyl (C=O) groups excluding carboxylic acids is 1. The Bertz CT molecular complexity index is 683. The van der Waals surface area contributed by atoms with Gasteiger partial charge in [-0.2, -0.15) is 0 Å². The third-order valence-corrected chi connectivity index (χ3v) is 5.36. The van der Waals surface area contributed by atoms with Gasteiger partial charge in [-0.25, -0.2) is 0 Å². The third kappa shape index (κ3) is 2.83. The van der Waals surface area contributed by atoms with Crippen molar-refractivity contribution in [1.29, 1.82) is 0 Å². The van der Waals surface area contributed by atoms with Gasteiger partial charge in [0.2, 0.25) is 5.91 Å². The van der Waals surface area contributed by atoms with Crippen molar-refractivity contribution in [1.82, 2.24) is 10.3 Å². The first-order chi connectivity index (χ1) is 11.4. The number of nitrogens with zero attached hydrogens (tertiary/aromatic N) is 1.